The Labute approximate surface area is 104 Å². The van der Waals surface area contributed by atoms with Gasteiger partial charge < -0.3 is 13.9 Å². The van der Waals surface area contributed by atoms with Gasteiger partial charge in [0.1, 0.15) is 24.9 Å². The van der Waals surface area contributed by atoms with E-state index in [0.29, 0.717) is 16.7 Å². The molecule has 0 fully saturated rings. The average molecular weight is 245 g/mol. The second-order valence-corrected chi connectivity index (χ2v) is 3.63. The first-order valence-electron chi connectivity index (χ1n) is 5.31. The van der Waals surface area contributed by atoms with Crippen molar-refractivity contribution in [2.24, 2.45) is 0 Å². The molecule has 1 aromatic heterocycles. The van der Waals surface area contributed by atoms with Crippen molar-refractivity contribution in [3.05, 3.63) is 30.0 Å². The zero-order chi connectivity index (χ0) is 13.0. The summed E-state index contributed by atoms with van der Waals surface area (Å²) in [7, 11) is 1.44. The SMILES string of the molecule is COCC(=O)COc1c(C#N)oc2ccccc12. The molecule has 0 spiro atoms. The summed E-state index contributed by atoms with van der Waals surface area (Å²) < 4.78 is 15.4. The standard InChI is InChI=1S/C13H11NO4/c1-16-7-9(15)8-17-13-10-4-2-3-5-11(10)18-12(13)6-14/h2-5H,7-8H2,1H3. The number of hydrogen-bond acceptors (Lipinski definition) is 5. The summed E-state index contributed by atoms with van der Waals surface area (Å²) >= 11 is 0. The number of fused-ring (bicyclic) bond motifs is 1. The molecule has 2 aromatic rings. The molecule has 0 atom stereocenters. The van der Waals surface area contributed by atoms with E-state index >= 15 is 0 Å². The third-order valence-corrected chi connectivity index (χ3v) is 2.33. The molecule has 18 heavy (non-hydrogen) atoms. The molecule has 0 saturated carbocycles. The molecule has 0 aliphatic heterocycles. The Morgan fingerprint density at radius 3 is 2.89 bits per heavy atom. The second-order valence-electron chi connectivity index (χ2n) is 3.63. The molecule has 1 aromatic carbocycles. The van der Waals surface area contributed by atoms with Gasteiger partial charge in [0, 0.05) is 7.11 Å². The fourth-order valence-electron chi connectivity index (χ4n) is 1.59. The van der Waals surface area contributed by atoms with Crippen LogP contribution in [0.15, 0.2) is 28.7 Å². The number of ether oxygens (including phenoxy) is 2. The topological polar surface area (TPSA) is 72.5 Å². The van der Waals surface area contributed by atoms with Gasteiger partial charge in [0.05, 0.1) is 5.39 Å². The number of nitrogens with zero attached hydrogens (tertiary/aromatic N) is 1. The molecule has 1 heterocycles. The van der Waals surface area contributed by atoms with Gasteiger partial charge in [-0.25, -0.2) is 0 Å². The Hall–Kier alpha value is -2.32. The Morgan fingerprint density at radius 1 is 1.39 bits per heavy atom. The molecule has 0 radical (unpaired) electrons. The zero-order valence-corrected chi connectivity index (χ0v) is 9.80. The average Bonchev–Trinajstić information content (AvgIpc) is 2.74. The summed E-state index contributed by atoms with van der Waals surface area (Å²) in [5.74, 6) is 0.172. The number of carbonyl (C=O) groups excluding carboxylic acids is 1. The monoisotopic (exact) mass is 245 g/mol. The van der Waals surface area contributed by atoms with Crippen molar-refractivity contribution in [2.45, 2.75) is 0 Å². The predicted octanol–water partition coefficient (Wildman–Crippen LogP) is 1.90. The first-order valence-corrected chi connectivity index (χ1v) is 5.31. The van der Waals surface area contributed by atoms with Crippen molar-refractivity contribution < 1.29 is 18.7 Å². The number of carbonyl (C=O) groups is 1. The minimum atomic E-state index is -0.202. The molecule has 0 unspecified atom stereocenters. The maximum absolute atomic E-state index is 11.3. The predicted molar refractivity (Wildman–Crippen MR) is 63.3 cm³/mol. The minimum absolute atomic E-state index is 0.0162. The highest BCUT2D eigenvalue weighted by atomic mass is 16.5. The van der Waals surface area contributed by atoms with Crippen molar-refractivity contribution in [1.29, 1.82) is 5.26 Å². The van der Waals surface area contributed by atoms with Crippen molar-refractivity contribution in [2.75, 3.05) is 20.3 Å². The summed E-state index contributed by atoms with van der Waals surface area (Å²) in [4.78, 5) is 11.3. The van der Waals surface area contributed by atoms with Crippen LogP contribution < -0.4 is 4.74 Å². The van der Waals surface area contributed by atoms with Crippen LogP contribution in [0.25, 0.3) is 11.0 Å². The van der Waals surface area contributed by atoms with E-state index in [0.717, 1.165) is 0 Å². The van der Waals surface area contributed by atoms with Gasteiger partial charge in [-0.2, -0.15) is 5.26 Å². The van der Waals surface area contributed by atoms with Gasteiger partial charge in [-0.15, -0.1) is 0 Å². The van der Waals surface area contributed by atoms with Crippen LogP contribution in [0.2, 0.25) is 0 Å². The third kappa shape index (κ3) is 2.34. The summed E-state index contributed by atoms with van der Waals surface area (Å²) in [5.41, 5.74) is 0.559. The molecule has 0 bridgehead atoms. The molecule has 0 aliphatic carbocycles. The van der Waals surface area contributed by atoms with Gasteiger partial charge >= 0.3 is 0 Å². The number of ketones is 1. The first kappa shape index (κ1) is 12.1. The van der Waals surface area contributed by atoms with Crippen LogP contribution in [0.3, 0.4) is 0 Å². The van der Waals surface area contributed by atoms with Crippen LogP contribution in [0.4, 0.5) is 0 Å². The van der Waals surface area contributed by atoms with Crippen LogP contribution >= 0.6 is 0 Å². The lowest BCUT2D eigenvalue weighted by Gasteiger charge is -2.03. The molecule has 0 aliphatic rings. The lowest BCUT2D eigenvalue weighted by Crippen LogP contribution is -2.16. The number of benzene rings is 1. The molecule has 92 valence electrons. The smallest absolute Gasteiger partial charge is 0.246 e. The van der Waals surface area contributed by atoms with E-state index in [1.54, 1.807) is 18.2 Å². The van der Waals surface area contributed by atoms with Gasteiger partial charge in [-0.05, 0) is 12.1 Å². The van der Waals surface area contributed by atoms with E-state index in [9.17, 15) is 4.79 Å². The molecule has 0 amide bonds. The zero-order valence-electron chi connectivity index (χ0n) is 9.80. The number of nitriles is 1. The van der Waals surface area contributed by atoms with Gasteiger partial charge in [0.15, 0.2) is 11.5 Å². The minimum Gasteiger partial charge on any atom is -0.480 e. The highest BCUT2D eigenvalue weighted by Crippen LogP contribution is 2.32. The largest absolute Gasteiger partial charge is 0.480 e. The normalized spacial score (nSPS) is 10.2. The molecule has 0 N–H and O–H groups in total. The highest BCUT2D eigenvalue weighted by molar-refractivity contribution is 5.87. The molecular weight excluding hydrogens is 234 g/mol. The van der Waals surface area contributed by atoms with Gasteiger partial charge in [0.25, 0.3) is 0 Å². The lowest BCUT2D eigenvalue weighted by molar-refractivity contribution is -0.124. The number of hydrogen-bond donors (Lipinski definition) is 0. The number of Topliss-reactive ketones (excluding diaryl/α,β-unsaturated/α-hetero) is 1. The quantitative estimate of drug-likeness (QED) is 0.804. The third-order valence-electron chi connectivity index (χ3n) is 2.33. The Kier molecular flexibility index (Phi) is 3.60. The Morgan fingerprint density at radius 2 is 2.17 bits per heavy atom. The fourth-order valence-corrected chi connectivity index (χ4v) is 1.59. The van der Waals surface area contributed by atoms with Crippen LogP contribution in [0.1, 0.15) is 5.76 Å². The van der Waals surface area contributed by atoms with Crippen molar-refractivity contribution in [3.63, 3.8) is 0 Å². The summed E-state index contributed by atoms with van der Waals surface area (Å²) in [6.07, 6.45) is 0. The lowest BCUT2D eigenvalue weighted by atomic mass is 10.2. The van der Waals surface area contributed by atoms with Crippen LogP contribution in [0.5, 0.6) is 5.75 Å². The van der Waals surface area contributed by atoms with E-state index in [1.165, 1.54) is 7.11 Å². The molecule has 5 nitrogen and oxygen atoms in total. The van der Waals surface area contributed by atoms with E-state index in [4.69, 9.17) is 19.2 Å². The van der Waals surface area contributed by atoms with Crippen LogP contribution in [0, 0.1) is 11.3 Å². The van der Waals surface area contributed by atoms with Gasteiger partial charge in [0.2, 0.25) is 5.76 Å². The van der Waals surface area contributed by atoms with Gasteiger partial charge in [-0.3, -0.25) is 4.79 Å². The molecule has 5 heteroatoms. The fraction of sp³-hybridized carbons (Fsp3) is 0.231. The molecule has 0 saturated heterocycles. The number of furan rings is 1. The van der Waals surface area contributed by atoms with Crippen molar-refractivity contribution in [1.82, 2.24) is 0 Å². The van der Waals surface area contributed by atoms with Crippen LogP contribution in [-0.4, -0.2) is 26.1 Å². The Balaban J connectivity index is 2.26. The van der Waals surface area contributed by atoms with E-state index < -0.39 is 0 Å². The Bertz CT molecular complexity index is 609. The van der Waals surface area contributed by atoms with E-state index in [2.05, 4.69) is 0 Å². The molecule has 2 rings (SSSR count). The summed E-state index contributed by atoms with van der Waals surface area (Å²) in [6.45, 7) is -0.163. The van der Waals surface area contributed by atoms with E-state index in [1.807, 2.05) is 12.1 Å². The maximum atomic E-state index is 11.3. The number of para-hydroxylation sites is 1. The van der Waals surface area contributed by atoms with Crippen molar-refractivity contribution >= 4 is 16.8 Å². The molecular formula is C13H11NO4. The summed E-state index contributed by atoms with van der Waals surface area (Å²) in [6, 6.07) is 9.02. The van der Waals surface area contributed by atoms with Crippen molar-refractivity contribution in [3.8, 4) is 11.8 Å². The number of methoxy groups -OCH3 is 1. The summed E-state index contributed by atoms with van der Waals surface area (Å²) in [5, 5.41) is 9.63. The van der Waals surface area contributed by atoms with Crippen LogP contribution in [-0.2, 0) is 9.53 Å². The second kappa shape index (κ2) is 5.34. The van der Waals surface area contributed by atoms with Gasteiger partial charge in [-0.1, -0.05) is 12.1 Å². The number of rotatable bonds is 5. The maximum Gasteiger partial charge on any atom is 0.246 e. The van der Waals surface area contributed by atoms with E-state index in [-0.39, 0.29) is 24.8 Å². The first-order chi connectivity index (χ1) is 8.76. The highest BCUT2D eigenvalue weighted by Gasteiger charge is 2.16.